The second kappa shape index (κ2) is 11.0. The van der Waals surface area contributed by atoms with Gasteiger partial charge in [-0.25, -0.2) is 9.98 Å². The van der Waals surface area contributed by atoms with Crippen molar-refractivity contribution in [1.82, 2.24) is 19.8 Å². The lowest BCUT2D eigenvalue weighted by molar-refractivity contribution is -0.126. The van der Waals surface area contributed by atoms with Gasteiger partial charge in [0.1, 0.15) is 6.04 Å². The molecule has 10 heteroatoms. The molecular weight excluding hydrogens is 436 g/mol. The summed E-state index contributed by atoms with van der Waals surface area (Å²) in [4.78, 5) is 34.1. The van der Waals surface area contributed by atoms with Crippen LogP contribution in [0.2, 0.25) is 0 Å². The average Bonchev–Trinajstić information content (AvgIpc) is 3.44. The molecule has 1 unspecified atom stereocenters. The lowest BCUT2D eigenvalue weighted by Gasteiger charge is -2.29. The average molecular weight is 469 g/mol. The van der Waals surface area contributed by atoms with E-state index in [-0.39, 0.29) is 12.3 Å². The number of hydrogen-bond acceptors (Lipinski definition) is 7. The van der Waals surface area contributed by atoms with E-state index in [0.717, 1.165) is 24.9 Å². The summed E-state index contributed by atoms with van der Waals surface area (Å²) in [6.07, 6.45) is 12.5. The Kier molecular flexibility index (Phi) is 7.66. The highest BCUT2D eigenvalue weighted by Crippen LogP contribution is 2.41. The number of rotatable bonds is 13. The number of nitrogens with two attached hydrogens (primary N) is 1. The van der Waals surface area contributed by atoms with Crippen molar-refractivity contribution in [2.45, 2.75) is 64.1 Å². The highest BCUT2D eigenvalue weighted by Gasteiger charge is 2.40. The van der Waals surface area contributed by atoms with E-state index in [2.05, 4.69) is 19.9 Å². The van der Waals surface area contributed by atoms with Gasteiger partial charge < -0.3 is 24.7 Å². The summed E-state index contributed by atoms with van der Waals surface area (Å²) >= 11 is 0. The Labute approximate surface area is 199 Å². The molecule has 1 atom stereocenters. The van der Waals surface area contributed by atoms with E-state index in [1.807, 2.05) is 30.9 Å². The zero-order valence-electron chi connectivity index (χ0n) is 19.5. The quantitative estimate of drug-likeness (QED) is 0.435. The number of aliphatic imine (C=N–C) groups is 1. The molecule has 4 rings (SSSR count). The maximum Gasteiger partial charge on any atom is 0.250 e. The van der Waals surface area contributed by atoms with Gasteiger partial charge in [-0.15, -0.1) is 0 Å². The molecule has 1 aromatic heterocycles. The Hall–Kier alpha value is -3.56. The molecule has 0 spiro atoms. The number of aromatic nitrogens is 2. The molecule has 3 N–H and O–H groups in total. The number of ether oxygens (including phenoxy) is 2. The predicted octanol–water partition coefficient (Wildman–Crippen LogP) is 2.49. The minimum atomic E-state index is -0.668. The Morgan fingerprint density at radius 3 is 2.74 bits per heavy atom. The lowest BCUT2D eigenvalue weighted by atomic mass is 10.1. The standard InChI is InChI=1S/C24H32N6O4/c1-33-22-17-15-30-19(14-21(25)31)23(32)28-24(30)27-18(17)8-9-20(22)34-13-7-5-3-2-4-6-11-29-12-10-26-16-29/h8-10,12,16,19H,2-7,11,13-15H2,1H3,(H2,25,31)(H,27,28,32). The first-order chi connectivity index (χ1) is 16.6. The smallest absolute Gasteiger partial charge is 0.250 e. The zero-order valence-corrected chi connectivity index (χ0v) is 19.5. The molecule has 0 radical (unpaired) electrons. The van der Waals surface area contributed by atoms with Crippen molar-refractivity contribution in [2.24, 2.45) is 10.7 Å². The molecule has 10 nitrogen and oxygen atoms in total. The second-order valence-corrected chi connectivity index (χ2v) is 8.60. The summed E-state index contributed by atoms with van der Waals surface area (Å²) < 4.78 is 13.8. The van der Waals surface area contributed by atoms with E-state index in [9.17, 15) is 9.59 Å². The van der Waals surface area contributed by atoms with Crippen LogP contribution in [0.3, 0.4) is 0 Å². The highest BCUT2D eigenvalue weighted by molar-refractivity contribution is 6.09. The van der Waals surface area contributed by atoms with Crippen LogP contribution in [-0.4, -0.2) is 52.0 Å². The summed E-state index contributed by atoms with van der Waals surface area (Å²) in [5.41, 5.74) is 6.87. The van der Waals surface area contributed by atoms with Crippen LogP contribution in [0.1, 0.15) is 50.5 Å². The molecule has 1 fully saturated rings. The van der Waals surface area contributed by atoms with Gasteiger partial charge in [-0.1, -0.05) is 25.7 Å². The number of methoxy groups -OCH3 is 1. The SMILES string of the molecule is COc1c(OCCCCCCCCn2ccnc2)ccc2c1CN1C(=N2)NC(=O)C1CC(N)=O. The van der Waals surface area contributed by atoms with Gasteiger partial charge >= 0.3 is 0 Å². The molecule has 0 aliphatic carbocycles. The molecular formula is C24H32N6O4. The number of nitrogens with zero attached hydrogens (tertiary/aromatic N) is 4. The van der Waals surface area contributed by atoms with Crippen molar-refractivity contribution in [2.75, 3.05) is 13.7 Å². The first-order valence-electron chi connectivity index (χ1n) is 11.8. The fourth-order valence-corrected chi connectivity index (χ4v) is 4.41. The number of benzene rings is 1. The molecule has 1 aromatic carbocycles. The van der Waals surface area contributed by atoms with Gasteiger partial charge in [-0.3, -0.25) is 14.9 Å². The highest BCUT2D eigenvalue weighted by atomic mass is 16.5. The molecule has 2 amide bonds. The Morgan fingerprint density at radius 1 is 1.21 bits per heavy atom. The van der Waals surface area contributed by atoms with Crippen molar-refractivity contribution in [3.05, 3.63) is 36.4 Å². The number of hydrogen-bond donors (Lipinski definition) is 2. The number of carbonyl (C=O) groups excluding carboxylic acids is 2. The number of nitrogens with one attached hydrogen (secondary N) is 1. The molecule has 3 heterocycles. The minimum Gasteiger partial charge on any atom is -0.492 e. The van der Waals surface area contributed by atoms with Gasteiger partial charge in [0.2, 0.25) is 17.8 Å². The lowest BCUT2D eigenvalue weighted by Crippen LogP contribution is -2.39. The van der Waals surface area contributed by atoms with E-state index in [1.54, 1.807) is 12.0 Å². The van der Waals surface area contributed by atoms with E-state index >= 15 is 0 Å². The Morgan fingerprint density at radius 2 is 2.00 bits per heavy atom. The third-order valence-electron chi connectivity index (χ3n) is 6.17. The monoisotopic (exact) mass is 468 g/mol. The van der Waals surface area contributed by atoms with E-state index in [1.165, 1.54) is 25.7 Å². The van der Waals surface area contributed by atoms with Crippen molar-refractivity contribution in [1.29, 1.82) is 0 Å². The molecule has 0 bridgehead atoms. The largest absolute Gasteiger partial charge is 0.492 e. The maximum atomic E-state index is 12.3. The van der Waals surface area contributed by atoms with Gasteiger partial charge in [0.05, 0.1) is 38.7 Å². The van der Waals surface area contributed by atoms with Crippen LogP contribution in [0, 0.1) is 0 Å². The minimum absolute atomic E-state index is 0.0672. The van der Waals surface area contributed by atoms with Gasteiger partial charge in [-0.2, -0.15) is 0 Å². The van der Waals surface area contributed by atoms with Gasteiger partial charge in [0.25, 0.3) is 0 Å². The molecule has 34 heavy (non-hydrogen) atoms. The fourth-order valence-electron chi connectivity index (χ4n) is 4.41. The van der Waals surface area contributed by atoms with Crippen LogP contribution in [0.4, 0.5) is 5.69 Å². The van der Waals surface area contributed by atoms with Crippen LogP contribution in [0.25, 0.3) is 0 Å². The van der Waals surface area contributed by atoms with Gasteiger partial charge in [0.15, 0.2) is 11.5 Å². The van der Waals surface area contributed by atoms with Crippen molar-refractivity contribution in [3.63, 3.8) is 0 Å². The summed E-state index contributed by atoms with van der Waals surface area (Å²) in [7, 11) is 1.60. The Bertz CT molecular complexity index is 1040. The topological polar surface area (TPSA) is 124 Å². The predicted molar refractivity (Wildman–Crippen MR) is 127 cm³/mol. The van der Waals surface area contributed by atoms with Crippen LogP contribution in [0.15, 0.2) is 35.8 Å². The third kappa shape index (κ3) is 5.49. The molecule has 2 aromatic rings. The van der Waals surface area contributed by atoms with E-state index in [4.69, 9.17) is 15.2 Å². The molecule has 2 aliphatic rings. The first kappa shape index (κ1) is 23.6. The fraction of sp³-hybridized carbons (Fsp3) is 0.500. The zero-order chi connectivity index (χ0) is 23.9. The van der Waals surface area contributed by atoms with Crippen LogP contribution >= 0.6 is 0 Å². The van der Waals surface area contributed by atoms with Crippen LogP contribution < -0.4 is 20.5 Å². The van der Waals surface area contributed by atoms with Gasteiger partial charge in [0, 0.05) is 24.5 Å². The number of imidazole rings is 1. The number of amides is 2. The molecule has 0 saturated carbocycles. The normalized spacial score (nSPS) is 16.5. The summed E-state index contributed by atoms with van der Waals surface area (Å²) in [6, 6.07) is 3.05. The first-order valence-corrected chi connectivity index (χ1v) is 11.8. The maximum absolute atomic E-state index is 12.3. The number of guanidine groups is 1. The summed E-state index contributed by atoms with van der Waals surface area (Å²) in [6.45, 7) is 2.01. The number of primary amides is 1. The summed E-state index contributed by atoms with van der Waals surface area (Å²) in [5, 5.41) is 2.73. The molecule has 182 valence electrons. The number of carbonyl (C=O) groups is 2. The van der Waals surface area contributed by atoms with Crippen molar-refractivity contribution in [3.8, 4) is 11.5 Å². The van der Waals surface area contributed by atoms with E-state index in [0.29, 0.717) is 36.3 Å². The number of aryl methyl sites for hydroxylation is 1. The number of unbranched alkanes of at least 4 members (excludes halogenated alkanes) is 5. The summed E-state index contributed by atoms with van der Waals surface area (Å²) in [5.74, 6) is 0.892. The third-order valence-corrected chi connectivity index (χ3v) is 6.17. The number of fused-ring (bicyclic) bond motifs is 2. The second-order valence-electron chi connectivity index (χ2n) is 8.60. The Balaban J connectivity index is 1.26. The van der Waals surface area contributed by atoms with Crippen LogP contribution in [0.5, 0.6) is 11.5 Å². The van der Waals surface area contributed by atoms with Crippen molar-refractivity contribution >= 4 is 23.5 Å². The van der Waals surface area contributed by atoms with Gasteiger partial charge in [-0.05, 0) is 25.0 Å². The van der Waals surface area contributed by atoms with E-state index < -0.39 is 11.9 Å². The molecule has 1 saturated heterocycles. The molecule has 2 aliphatic heterocycles. The van der Waals surface area contributed by atoms with Crippen molar-refractivity contribution < 1.29 is 19.1 Å². The van der Waals surface area contributed by atoms with Crippen LogP contribution in [-0.2, 0) is 22.7 Å².